The van der Waals surface area contributed by atoms with Gasteiger partial charge in [-0.05, 0) is 30.5 Å². The number of nitrogens with one attached hydrogen (secondary N) is 3. The van der Waals surface area contributed by atoms with E-state index in [0.29, 0.717) is 31.3 Å². The number of carbonyl (C=O) groups excluding carboxylic acids is 2. The van der Waals surface area contributed by atoms with E-state index in [1.807, 2.05) is 17.5 Å². The number of anilines is 2. The molecule has 4 rings (SSSR count). The van der Waals surface area contributed by atoms with E-state index >= 15 is 0 Å². The van der Waals surface area contributed by atoms with E-state index in [2.05, 4.69) is 33.9 Å². The van der Waals surface area contributed by atoms with Crippen molar-refractivity contribution in [3.8, 4) is 11.3 Å². The second kappa shape index (κ2) is 7.28. The number of ether oxygens (including phenoxy) is 1. The lowest BCUT2D eigenvalue weighted by molar-refractivity contribution is -0.116. The lowest BCUT2D eigenvalue weighted by atomic mass is 9.83. The fourth-order valence-electron chi connectivity index (χ4n) is 3.24. The largest absolute Gasteiger partial charge is 0.380 e. The first-order valence-electron chi connectivity index (χ1n) is 9.08. The molecular formula is C19H22N4O3S. The summed E-state index contributed by atoms with van der Waals surface area (Å²) in [4.78, 5) is 28.1. The van der Waals surface area contributed by atoms with Crippen LogP contribution in [0, 0.1) is 5.41 Å². The standard InChI is InChI=1S/C19H22N4O3S/c1-2-19(10-26-11-19)9-20-17(25)23-18-22-15(8-27-18)13-3-5-14-12(7-13)4-6-16(24)21-14/h3,5,7-8H,2,4,6,9-11H2,1H3,(H,21,24)(H2,20,22,23,25). The van der Waals surface area contributed by atoms with E-state index in [-0.39, 0.29) is 17.4 Å². The number of thiazole rings is 1. The van der Waals surface area contributed by atoms with Gasteiger partial charge in [-0.1, -0.05) is 13.0 Å². The minimum atomic E-state index is -0.247. The number of aryl methyl sites for hydroxylation is 1. The number of rotatable bonds is 5. The third-order valence-corrected chi connectivity index (χ3v) is 5.97. The fraction of sp³-hybridized carbons (Fsp3) is 0.421. The number of benzene rings is 1. The number of fused-ring (bicyclic) bond motifs is 1. The minimum Gasteiger partial charge on any atom is -0.380 e. The van der Waals surface area contributed by atoms with Crippen molar-refractivity contribution in [3.05, 3.63) is 29.1 Å². The van der Waals surface area contributed by atoms with Crippen LogP contribution in [0.25, 0.3) is 11.3 Å². The van der Waals surface area contributed by atoms with Gasteiger partial charge in [0.2, 0.25) is 5.91 Å². The number of nitrogens with zero attached hydrogens (tertiary/aromatic N) is 1. The van der Waals surface area contributed by atoms with Crippen molar-refractivity contribution in [2.45, 2.75) is 26.2 Å². The summed E-state index contributed by atoms with van der Waals surface area (Å²) in [5.41, 5.74) is 3.84. The fourth-order valence-corrected chi connectivity index (χ4v) is 3.95. The summed E-state index contributed by atoms with van der Waals surface area (Å²) in [6, 6.07) is 5.65. The number of aromatic nitrogens is 1. The minimum absolute atomic E-state index is 0.0553. The van der Waals surface area contributed by atoms with E-state index in [9.17, 15) is 9.59 Å². The highest BCUT2D eigenvalue weighted by molar-refractivity contribution is 7.14. The lowest BCUT2D eigenvalue weighted by Crippen LogP contribution is -2.51. The molecule has 3 amide bonds. The number of hydrogen-bond donors (Lipinski definition) is 3. The van der Waals surface area contributed by atoms with Crippen LogP contribution < -0.4 is 16.0 Å². The Labute approximate surface area is 161 Å². The van der Waals surface area contributed by atoms with Crippen LogP contribution in [0.4, 0.5) is 15.6 Å². The van der Waals surface area contributed by atoms with Crippen LogP contribution in [0.1, 0.15) is 25.3 Å². The molecule has 0 saturated carbocycles. The molecule has 1 saturated heterocycles. The zero-order chi connectivity index (χ0) is 18.9. The monoisotopic (exact) mass is 386 g/mol. The molecule has 0 aliphatic carbocycles. The van der Waals surface area contributed by atoms with Crippen molar-refractivity contribution >= 4 is 34.1 Å². The maximum absolute atomic E-state index is 12.1. The molecule has 0 spiro atoms. The molecule has 1 aromatic carbocycles. The molecule has 2 aliphatic rings. The Balaban J connectivity index is 1.38. The molecule has 1 fully saturated rings. The van der Waals surface area contributed by atoms with Gasteiger partial charge in [-0.15, -0.1) is 11.3 Å². The molecule has 3 N–H and O–H groups in total. The van der Waals surface area contributed by atoms with E-state index in [4.69, 9.17) is 4.74 Å². The maximum atomic E-state index is 12.1. The van der Waals surface area contributed by atoms with Crippen LogP contribution >= 0.6 is 11.3 Å². The molecule has 2 aliphatic heterocycles. The quantitative estimate of drug-likeness (QED) is 0.735. The molecule has 27 heavy (non-hydrogen) atoms. The number of carbonyl (C=O) groups is 2. The zero-order valence-electron chi connectivity index (χ0n) is 15.1. The molecular weight excluding hydrogens is 364 g/mol. The highest BCUT2D eigenvalue weighted by Crippen LogP contribution is 2.31. The van der Waals surface area contributed by atoms with E-state index in [1.54, 1.807) is 0 Å². The molecule has 142 valence electrons. The first-order chi connectivity index (χ1) is 13.1. The summed E-state index contributed by atoms with van der Waals surface area (Å²) in [5, 5.41) is 11.1. The van der Waals surface area contributed by atoms with Crippen molar-refractivity contribution in [2.24, 2.45) is 5.41 Å². The summed E-state index contributed by atoms with van der Waals surface area (Å²) >= 11 is 1.39. The Morgan fingerprint density at radius 3 is 2.96 bits per heavy atom. The average molecular weight is 386 g/mol. The maximum Gasteiger partial charge on any atom is 0.321 e. The molecule has 2 aromatic rings. The van der Waals surface area contributed by atoms with Crippen LogP contribution in [0.5, 0.6) is 0 Å². The van der Waals surface area contributed by atoms with Crippen molar-refractivity contribution in [1.82, 2.24) is 10.3 Å². The number of hydrogen-bond acceptors (Lipinski definition) is 5. The smallest absolute Gasteiger partial charge is 0.321 e. The van der Waals surface area contributed by atoms with E-state index in [0.717, 1.165) is 35.3 Å². The topological polar surface area (TPSA) is 92.4 Å². The van der Waals surface area contributed by atoms with E-state index < -0.39 is 0 Å². The van der Waals surface area contributed by atoms with Gasteiger partial charge >= 0.3 is 6.03 Å². The molecule has 0 bridgehead atoms. The van der Waals surface area contributed by atoms with Gasteiger partial charge in [-0.2, -0.15) is 0 Å². The lowest BCUT2D eigenvalue weighted by Gasteiger charge is -2.40. The Morgan fingerprint density at radius 2 is 2.22 bits per heavy atom. The second-order valence-corrected chi connectivity index (χ2v) is 7.97. The van der Waals surface area contributed by atoms with Gasteiger partial charge in [-0.3, -0.25) is 10.1 Å². The molecule has 0 radical (unpaired) electrons. The van der Waals surface area contributed by atoms with Crippen molar-refractivity contribution < 1.29 is 14.3 Å². The molecule has 0 unspecified atom stereocenters. The first-order valence-corrected chi connectivity index (χ1v) is 9.96. The van der Waals surface area contributed by atoms with Crippen LogP contribution in [0.15, 0.2) is 23.6 Å². The Hall–Kier alpha value is -2.45. The summed E-state index contributed by atoms with van der Waals surface area (Å²) in [7, 11) is 0. The SMILES string of the molecule is CCC1(CNC(=O)Nc2nc(-c3ccc4c(c3)CCC(=O)N4)cs2)COC1. The Bertz CT molecular complexity index is 870. The predicted octanol–water partition coefficient (Wildman–Crippen LogP) is 3.24. The van der Waals surface area contributed by atoms with Gasteiger partial charge in [-0.25, -0.2) is 9.78 Å². The molecule has 7 nitrogen and oxygen atoms in total. The highest BCUT2D eigenvalue weighted by atomic mass is 32.1. The van der Waals surface area contributed by atoms with Crippen LogP contribution in [0.3, 0.4) is 0 Å². The van der Waals surface area contributed by atoms with Crippen LogP contribution in [0.2, 0.25) is 0 Å². The summed E-state index contributed by atoms with van der Waals surface area (Å²) in [6.07, 6.45) is 2.22. The van der Waals surface area contributed by atoms with Crippen molar-refractivity contribution in [2.75, 3.05) is 30.4 Å². The first kappa shape index (κ1) is 17.9. The average Bonchev–Trinajstić information content (AvgIpc) is 3.09. The van der Waals surface area contributed by atoms with Gasteiger partial charge in [0.15, 0.2) is 5.13 Å². The van der Waals surface area contributed by atoms with Crippen LogP contribution in [-0.4, -0.2) is 36.7 Å². The van der Waals surface area contributed by atoms with Gasteiger partial charge in [0, 0.05) is 35.0 Å². The molecule has 1 aromatic heterocycles. The molecule has 3 heterocycles. The number of urea groups is 1. The van der Waals surface area contributed by atoms with Gasteiger partial charge in [0.25, 0.3) is 0 Å². The third kappa shape index (κ3) is 3.81. The second-order valence-electron chi connectivity index (χ2n) is 7.11. The predicted molar refractivity (Wildman–Crippen MR) is 105 cm³/mol. The van der Waals surface area contributed by atoms with Crippen LogP contribution in [-0.2, 0) is 16.0 Å². The summed E-state index contributed by atoms with van der Waals surface area (Å²) < 4.78 is 5.27. The summed E-state index contributed by atoms with van der Waals surface area (Å²) in [6.45, 7) is 4.11. The molecule has 8 heteroatoms. The van der Waals surface area contributed by atoms with Gasteiger partial charge in [0.05, 0.1) is 18.9 Å². The highest BCUT2D eigenvalue weighted by Gasteiger charge is 2.36. The molecule has 0 atom stereocenters. The summed E-state index contributed by atoms with van der Waals surface area (Å²) in [5.74, 6) is 0.0553. The Kier molecular flexibility index (Phi) is 4.84. The van der Waals surface area contributed by atoms with E-state index in [1.165, 1.54) is 11.3 Å². The van der Waals surface area contributed by atoms with Gasteiger partial charge < -0.3 is 15.4 Å². The third-order valence-electron chi connectivity index (χ3n) is 5.21. The Morgan fingerprint density at radius 1 is 1.37 bits per heavy atom. The van der Waals surface area contributed by atoms with Gasteiger partial charge in [0.1, 0.15) is 0 Å². The normalized spacial score (nSPS) is 17.4. The zero-order valence-corrected chi connectivity index (χ0v) is 15.9. The number of amides is 3. The van der Waals surface area contributed by atoms with Crippen molar-refractivity contribution in [1.29, 1.82) is 0 Å². The van der Waals surface area contributed by atoms with Crippen molar-refractivity contribution in [3.63, 3.8) is 0 Å².